The minimum Gasteiger partial charge on any atom is -0.496 e. The zero-order chi connectivity index (χ0) is 19.1. The van der Waals surface area contributed by atoms with Gasteiger partial charge in [-0.15, -0.1) is 0 Å². The fraction of sp³-hybridized carbons (Fsp3) is 0.300. The highest BCUT2D eigenvalue weighted by Crippen LogP contribution is 2.29. The van der Waals surface area contributed by atoms with E-state index in [0.29, 0.717) is 17.2 Å². The van der Waals surface area contributed by atoms with Gasteiger partial charge in [0.15, 0.2) is 6.10 Å². The van der Waals surface area contributed by atoms with Crippen molar-refractivity contribution in [2.45, 2.75) is 26.4 Å². The zero-order valence-corrected chi connectivity index (χ0v) is 15.4. The second kappa shape index (κ2) is 8.89. The molecular formula is C20H23NO5. The van der Waals surface area contributed by atoms with Crippen LogP contribution >= 0.6 is 0 Å². The lowest BCUT2D eigenvalue weighted by Crippen LogP contribution is -2.30. The van der Waals surface area contributed by atoms with Gasteiger partial charge in [-0.25, -0.2) is 4.79 Å². The van der Waals surface area contributed by atoms with Gasteiger partial charge in [0.25, 0.3) is 5.91 Å². The van der Waals surface area contributed by atoms with Gasteiger partial charge in [-0.05, 0) is 43.2 Å². The van der Waals surface area contributed by atoms with Crippen molar-refractivity contribution in [3.8, 4) is 11.5 Å². The van der Waals surface area contributed by atoms with Gasteiger partial charge in [-0.1, -0.05) is 25.1 Å². The van der Waals surface area contributed by atoms with E-state index in [1.165, 1.54) is 26.7 Å². The minimum absolute atomic E-state index is 0.143. The summed E-state index contributed by atoms with van der Waals surface area (Å²) >= 11 is 0. The lowest BCUT2D eigenvalue weighted by atomic mass is 10.1. The van der Waals surface area contributed by atoms with E-state index in [-0.39, 0.29) is 5.56 Å². The standard InChI is InChI=1S/C20H23NO5/c1-5-14-9-11-15(12-10-14)21-19(22)13(2)26-20(23)18-16(24-3)7-6-8-17(18)25-4/h6-13H,5H2,1-4H3,(H,21,22). The molecule has 0 aliphatic carbocycles. The van der Waals surface area contributed by atoms with Crippen LogP contribution in [0, 0.1) is 0 Å². The summed E-state index contributed by atoms with van der Waals surface area (Å²) in [5, 5.41) is 2.73. The number of esters is 1. The first-order chi connectivity index (χ1) is 12.5. The molecule has 26 heavy (non-hydrogen) atoms. The van der Waals surface area contributed by atoms with E-state index in [1.54, 1.807) is 18.2 Å². The van der Waals surface area contributed by atoms with Gasteiger partial charge in [-0.3, -0.25) is 4.79 Å². The average molecular weight is 357 g/mol. The molecule has 0 bridgehead atoms. The molecule has 0 spiro atoms. The van der Waals surface area contributed by atoms with Gasteiger partial charge in [0, 0.05) is 5.69 Å². The summed E-state index contributed by atoms with van der Waals surface area (Å²) < 4.78 is 15.7. The smallest absolute Gasteiger partial charge is 0.346 e. The number of hydrogen-bond donors (Lipinski definition) is 1. The second-order valence-corrected chi connectivity index (χ2v) is 5.62. The topological polar surface area (TPSA) is 73.9 Å². The molecule has 2 aromatic carbocycles. The van der Waals surface area contributed by atoms with Crippen molar-refractivity contribution >= 4 is 17.6 Å². The first-order valence-electron chi connectivity index (χ1n) is 8.31. The molecule has 138 valence electrons. The number of rotatable bonds is 7. The Hall–Kier alpha value is -3.02. The highest BCUT2D eigenvalue weighted by atomic mass is 16.6. The fourth-order valence-electron chi connectivity index (χ4n) is 2.39. The molecule has 0 fully saturated rings. The predicted octanol–water partition coefficient (Wildman–Crippen LogP) is 3.45. The molecular weight excluding hydrogens is 334 g/mol. The number of methoxy groups -OCH3 is 2. The Balaban J connectivity index is 2.07. The van der Waals surface area contributed by atoms with Crippen molar-refractivity contribution in [2.75, 3.05) is 19.5 Å². The maximum atomic E-state index is 12.5. The summed E-state index contributed by atoms with van der Waals surface area (Å²) in [6, 6.07) is 12.4. The van der Waals surface area contributed by atoms with Crippen molar-refractivity contribution < 1.29 is 23.8 Å². The van der Waals surface area contributed by atoms with Crippen LogP contribution in [-0.4, -0.2) is 32.2 Å². The van der Waals surface area contributed by atoms with E-state index in [9.17, 15) is 9.59 Å². The maximum Gasteiger partial charge on any atom is 0.346 e. The quantitative estimate of drug-likeness (QED) is 0.768. The van der Waals surface area contributed by atoms with Crippen LogP contribution in [0.5, 0.6) is 11.5 Å². The summed E-state index contributed by atoms with van der Waals surface area (Å²) in [7, 11) is 2.89. The van der Waals surface area contributed by atoms with Gasteiger partial charge in [0.1, 0.15) is 17.1 Å². The third-order valence-corrected chi connectivity index (χ3v) is 3.91. The van der Waals surface area contributed by atoms with E-state index < -0.39 is 18.0 Å². The maximum absolute atomic E-state index is 12.5. The third kappa shape index (κ3) is 4.53. The number of hydrogen-bond acceptors (Lipinski definition) is 5. The van der Waals surface area contributed by atoms with Gasteiger partial charge >= 0.3 is 5.97 Å². The van der Waals surface area contributed by atoms with Crippen molar-refractivity contribution in [2.24, 2.45) is 0 Å². The molecule has 0 aliphatic heterocycles. The van der Waals surface area contributed by atoms with E-state index in [0.717, 1.165) is 6.42 Å². The van der Waals surface area contributed by atoms with Crippen molar-refractivity contribution in [1.82, 2.24) is 0 Å². The lowest BCUT2D eigenvalue weighted by Gasteiger charge is -2.16. The Kier molecular flexibility index (Phi) is 6.60. The molecule has 0 heterocycles. The summed E-state index contributed by atoms with van der Waals surface area (Å²) in [6.07, 6.45) is -0.0637. The van der Waals surface area contributed by atoms with Crippen molar-refractivity contribution in [1.29, 1.82) is 0 Å². The molecule has 1 amide bonds. The van der Waals surface area contributed by atoms with E-state index >= 15 is 0 Å². The first-order valence-corrected chi connectivity index (χ1v) is 8.31. The Morgan fingerprint density at radius 1 is 1.00 bits per heavy atom. The molecule has 0 saturated carbocycles. The predicted molar refractivity (Wildman–Crippen MR) is 98.9 cm³/mol. The van der Waals surface area contributed by atoms with Crippen LogP contribution < -0.4 is 14.8 Å². The summed E-state index contributed by atoms with van der Waals surface area (Å²) in [4.78, 5) is 24.8. The normalized spacial score (nSPS) is 11.4. The molecule has 2 rings (SSSR count). The fourth-order valence-corrected chi connectivity index (χ4v) is 2.39. The molecule has 1 atom stereocenters. The van der Waals surface area contributed by atoms with E-state index in [2.05, 4.69) is 12.2 Å². The molecule has 2 aromatic rings. The number of carbonyl (C=O) groups excluding carboxylic acids is 2. The number of nitrogens with one attached hydrogen (secondary N) is 1. The van der Waals surface area contributed by atoms with Crippen molar-refractivity contribution in [3.05, 3.63) is 53.6 Å². The molecule has 6 heteroatoms. The number of carbonyl (C=O) groups is 2. The largest absolute Gasteiger partial charge is 0.496 e. The van der Waals surface area contributed by atoms with Crippen LogP contribution in [0.15, 0.2) is 42.5 Å². The van der Waals surface area contributed by atoms with Gasteiger partial charge in [-0.2, -0.15) is 0 Å². The Morgan fingerprint density at radius 3 is 2.08 bits per heavy atom. The average Bonchev–Trinajstić information content (AvgIpc) is 2.67. The summed E-state index contributed by atoms with van der Waals surface area (Å²) in [5.74, 6) is -0.478. The Labute approximate surface area is 153 Å². The minimum atomic E-state index is -0.983. The molecule has 6 nitrogen and oxygen atoms in total. The second-order valence-electron chi connectivity index (χ2n) is 5.62. The van der Waals surface area contributed by atoms with Crippen molar-refractivity contribution in [3.63, 3.8) is 0 Å². The lowest BCUT2D eigenvalue weighted by molar-refractivity contribution is -0.123. The number of benzene rings is 2. The summed E-state index contributed by atoms with van der Waals surface area (Å²) in [6.45, 7) is 3.57. The number of amides is 1. The SMILES string of the molecule is CCc1ccc(NC(=O)C(C)OC(=O)c2c(OC)cccc2OC)cc1. The van der Waals surface area contributed by atoms with Gasteiger partial charge in [0.05, 0.1) is 14.2 Å². The Morgan fingerprint density at radius 2 is 1.58 bits per heavy atom. The highest BCUT2D eigenvalue weighted by molar-refractivity contribution is 5.99. The van der Waals surface area contributed by atoms with Crippen LogP contribution in [0.4, 0.5) is 5.69 Å². The number of anilines is 1. The number of aryl methyl sites for hydroxylation is 1. The van der Waals surface area contributed by atoms with E-state index in [4.69, 9.17) is 14.2 Å². The number of ether oxygens (including phenoxy) is 3. The van der Waals surface area contributed by atoms with Crippen LogP contribution in [0.2, 0.25) is 0 Å². The van der Waals surface area contributed by atoms with Crippen LogP contribution in [-0.2, 0) is 16.0 Å². The molecule has 0 aliphatic rings. The van der Waals surface area contributed by atoms with Gasteiger partial charge in [0.2, 0.25) is 0 Å². The van der Waals surface area contributed by atoms with Crippen LogP contribution in [0.3, 0.4) is 0 Å². The Bertz CT molecular complexity index is 748. The molecule has 1 unspecified atom stereocenters. The van der Waals surface area contributed by atoms with E-state index in [1.807, 2.05) is 24.3 Å². The molecule has 0 radical (unpaired) electrons. The summed E-state index contributed by atoms with van der Waals surface area (Å²) in [5.41, 5.74) is 1.96. The zero-order valence-electron chi connectivity index (χ0n) is 15.4. The van der Waals surface area contributed by atoms with Crippen LogP contribution in [0.25, 0.3) is 0 Å². The molecule has 1 N–H and O–H groups in total. The third-order valence-electron chi connectivity index (χ3n) is 3.91. The first kappa shape index (κ1) is 19.3. The van der Waals surface area contributed by atoms with Crippen LogP contribution in [0.1, 0.15) is 29.8 Å². The highest BCUT2D eigenvalue weighted by Gasteiger charge is 2.24. The monoisotopic (exact) mass is 357 g/mol. The molecule has 0 saturated heterocycles. The van der Waals surface area contributed by atoms with Gasteiger partial charge < -0.3 is 19.5 Å². The molecule has 0 aromatic heterocycles.